The van der Waals surface area contributed by atoms with E-state index >= 15 is 0 Å². The molecule has 0 atom stereocenters. The van der Waals surface area contributed by atoms with Crippen LogP contribution in [0.4, 0.5) is 13.2 Å². The Morgan fingerprint density at radius 3 is 2.31 bits per heavy atom. The van der Waals surface area contributed by atoms with Gasteiger partial charge < -0.3 is 0 Å². The predicted molar refractivity (Wildman–Crippen MR) is 54.5 cm³/mol. The molecule has 0 aliphatic rings. The highest BCUT2D eigenvalue weighted by Gasteiger charge is 2.37. The molecule has 0 heterocycles. The summed E-state index contributed by atoms with van der Waals surface area (Å²) in [7, 11) is 0. The molecular weight excluding hydrogens is 289 g/mol. The molecule has 6 heteroatoms. The summed E-state index contributed by atoms with van der Waals surface area (Å²) in [6.07, 6.45) is -4.64. The number of aldehydes is 1. The summed E-state index contributed by atoms with van der Waals surface area (Å²) in [5.74, 6) is -0.739. The Labute approximate surface area is 97.6 Å². The number of hydrogen-bond donors (Lipinski definition) is 0. The molecular formula is C10H6BrF3O2. The van der Waals surface area contributed by atoms with Crippen LogP contribution in [0.25, 0.3) is 0 Å². The average molecular weight is 295 g/mol. The highest BCUT2D eigenvalue weighted by molar-refractivity contribution is 9.10. The molecule has 0 bridgehead atoms. The molecule has 2 nitrogen and oxygen atoms in total. The molecule has 0 radical (unpaired) electrons. The van der Waals surface area contributed by atoms with Crippen LogP contribution < -0.4 is 0 Å². The molecule has 0 aliphatic carbocycles. The van der Waals surface area contributed by atoms with E-state index in [-0.39, 0.29) is 10.8 Å². The van der Waals surface area contributed by atoms with Gasteiger partial charge in [0, 0.05) is 15.6 Å². The third-order valence-corrected chi connectivity index (χ3v) is 2.38. The minimum Gasteiger partial charge on any atom is -0.298 e. The Hall–Kier alpha value is -1.17. The molecule has 1 aromatic carbocycles. The molecule has 86 valence electrons. The third-order valence-electron chi connectivity index (χ3n) is 1.92. The summed E-state index contributed by atoms with van der Waals surface area (Å²) in [6, 6.07) is 2.08. The number of halogens is 4. The Bertz CT molecular complexity index is 452. The molecule has 0 saturated carbocycles. The van der Waals surface area contributed by atoms with Gasteiger partial charge in [-0.15, -0.1) is 0 Å². The Balaban J connectivity index is 3.65. The number of benzene rings is 1. The summed E-state index contributed by atoms with van der Waals surface area (Å²) in [6.45, 7) is 1.02. The maximum atomic E-state index is 12.7. The van der Waals surface area contributed by atoms with Gasteiger partial charge in [0.1, 0.15) is 0 Å². The second-order valence-corrected chi connectivity index (χ2v) is 4.01. The third kappa shape index (κ3) is 2.49. The van der Waals surface area contributed by atoms with Crippen LogP contribution in [-0.4, -0.2) is 12.1 Å². The topological polar surface area (TPSA) is 34.1 Å². The van der Waals surface area contributed by atoms with E-state index in [1.807, 2.05) is 0 Å². The second kappa shape index (κ2) is 4.37. The molecule has 0 N–H and O–H groups in total. The van der Waals surface area contributed by atoms with Gasteiger partial charge >= 0.3 is 6.18 Å². The molecule has 0 aliphatic heterocycles. The molecule has 0 saturated heterocycles. The number of alkyl halides is 3. The normalized spacial score (nSPS) is 11.3. The quantitative estimate of drug-likeness (QED) is 0.618. The van der Waals surface area contributed by atoms with Gasteiger partial charge in [-0.05, 0) is 19.1 Å². The van der Waals surface area contributed by atoms with Crippen molar-refractivity contribution in [3.63, 3.8) is 0 Å². The highest BCUT2D eigenvalue weighted by Crippen LogP contribution is 2.36. The lowest BCUT2D eigenvalue weighted by Gasteiger charge is -2.13. The standard InChI is InChI=1S/C10H6BrF3O2/c1-5(16)8-3-7(11)2-6(4-15)9(8)10(12,13)14/h2-4H,1H3. The van der Waals surface area contributed by atoms with Crippen LogP contribution in [0.2, 0.25) is 0 Å². The fourth-order valence-corrected chi connectivity index (χ4v) is 1.79. The van der Waals surface area contributed by atoms with Gasteiger partial charge in [0.05, 0.1) is 5.56 Å². The van der Waals surface area contributed by atoms with E-state index in [4.69, 9.17) is 0 Å². The lowest BCUT2D eigenvalue weighted by atomic mass is 9.99. The van der Waals surface area contributed by atoms with Gasteiger partial charge in [0.25, 0.3) is 0 Å². The van der Waals surface area contributed by atoms with Crippen molar-refractivity contribution in [2.24, 2.45) is 0 Å². The Morgan fingerprint density at radius 2 is 1.94 bits per heavy atom. The van der Waals surface area contributed by atoms with E-state index in [9.17, 15) is 22.8 Å². The first-order chi connectivity index (χ1) is 7.27. The molecule has 1 rings (SSSR count). The zero-order chi connectivity index (χ0) is 12.5. The van der Waals surface area contributed by atoms with E-state index in [0.717, 1.165) is 19.1 Å². The minimum atomic E-state index is -4.72. The smallest absolute Gasteiger partial charge is 0.298 e. The van der Waals surface area contributed by atoms with Crippen molar-refractivity contribution in [3.8, 4) is 0 Å². The summed E-state index contributed by atoms with van der Waals surface area (Å²) in [5, 5.41) is 0. The monoisotopic (exact) mass is 294 g/mol. The van der Waals surface area contributed by atoms with Crippen LogP contribution in [0.1, 0.15) is 33.2 Å². The first kappa shape index (κ1) is 12.9. The summed E-state index contributed by atoms with van der Waals surface area (Å²) >= 11 is 2.94. The molecule has 0 spiro atoms. The molecule has 0 amide bonds. The fraction of sp³-hybridized carbons (Fsp3) is 0.200. The van der Waals surface area contributed by atoms with Crippen molar-refractivity contribution in [2.45, 2.75) is 13.1 Å². The van der Waals surface area contributed by atoms with Crippen LogP contribution in [-0.2, 0) is 6.18 Å². The number of carbonyl (C=O) groups excluding carboxylic acids is 2. The second-order valence-electron chi connectivity index (χ2n) is 3.09. The number of hydrogen-bond acceptors (Lipinski definition) is 2. The van der Waals surface area contributed by atoms with Crippen LogP contribution in [0.5, 0.6) is 0 Å². The number of carbonyl (C=O) groups is 2. The summed E-state index contributed by atoms with van der Waals surface area (Å²) in [5.41, 5.74) is -2.24. The molecule has 0 unspecified atom stereocenters. The van der Waals surface area contributed by atoms with Crippen molar-refractivity contribution >= 4 is 28.0 Å². The van der Waals surface area contributed by atoms with Crippen molar-refractivity contribution < 1.29 is 22.8 Å². The SMILES string of the molecule is CC(=O)c1cc(Br)cc(C=O)c1C(F)(F)F. The van der Waals surface area contributed by atoms with Crippen molar-refractivity contribution in [3.05, 3.63) is 33.3 Å². The van der Waals surface area contributed by atoms with Crippen LogP contribution in [0.15, 0.2) is 16.6 Å². The Kier molecular flexibility index (Phi) is 3.52. The zero-order valence-electron chi connectivity index (χ0n) is 8.06. The predicted octanol–water partition coefficient (Wildman–Crippen LogP) is 3.48. The maximum Gasteiger partial charge on any atom is 0.417 e. The molecule has 0 aromatic heterocycles. The molecule has 16 heavy (non-hydrogen) atoms. The first-order valence-corrected chi connectivity index (χ1v) is 4.93. The van der Waals surface area contributed by atoms with Crippen LogP contribution in [0, 0.1) is 0 Å². The van der Waals surface area contributed by atoms with Gasteiger partial charge in [-0.3, -0.25) is 9.59 Å². The van der Waals surface area contributed by atoms with Gasteiger partial charge in [-0.2, -0.15) is 13.2 Å². The maximum absolute atomic E-state index is 12.7. The van der Waals surface area contributed by atoms with Crippen molar-refractivity contribution in [1.82, 2.24) is 0 Å². The lowest BCUT2D eigenvalue weighted by Crippen LogP contribution is -2.15. The average Bonchev–Trinajstić information content (AvgIpc) is 2.14. The van der Waals surface area contributed by atoms with Crippen molar-refractivity contribution in [2.75, 3.05) is 0 Å². The number of rotatable bonds is 2. The molecule has 1 aromatic rings. The summed E-state index contributed by atoms with van der Waals surface area (Å²) < 4.78 is 38.2. The largest absolute Gasteiger partial charge is 0.417 e. The fourth-order valence-electron chi connectivity index (χ4n) is 1.31. The minimum absolute atomic E-state index is 0.0834. The van der Waals surface area contributed by atoms with Gasteiger partial charge in [-0.25, -0.2) is 0 Å². The highest BCUT2D eigenvalue weighted by atomic mass is 79.9. The number of Topliss-reactive ketones (excluding diaryl/α,β-unsaturated/α-hetero) is 1. The van der Waals surface area contributed by atoms with Crippen LogP contribution >= 0.6 is 15.9 Å². The van der Waals surface area contributed by atoms with E-state index in [0.29, 0.717) is 0 Å². The number of ketones is 1. The Morgan fingerprint density at radius 1 is 1.38 bits per heavy atom. The van der Waals surface area contributed by atoms with Crippen molar-refractivity contribution in [1.29, 1.82) is 0 Å². The van der Waals surface area contributed by atoms with E-state index in [2.05, 4.69) is 15.9 Å². The van der Waals surface area contributed by atoms with Crippen LogP contribution in [0.3, 0.4) is 0 Å². The lowest BCUT2D eigenvalue weighted by molar-refractivity contribution is -0.138. The molecule has 0 fully saturated rings. The first-order valence-electron chi connectivity index (χ1n) is 4.14. The van der Waals surface area contributed by atoms with E-state index in [1.54, 1.807) is 0 Å². The van der Waals surface area contributed by atoms with Gasteiger partial charge in [-0.1, -0.05) is 15.9 Å². The van der Waals surface area contributed by atoms with Gasteiger partial charge in [0.2, 0.25) is 0 Å². The zero-order valence-corrected chi connectivity index (χ0v) is 9.65. The van der Waals surface area contributed by atoms with Gasteiger partial charge in [0.15, 0.2) is 12.1 Å². The summed E-state index contributed by atoms with van der Waals surface area (Å²) in [4.78, 5) is 21.7. The van der Waals surface area contributed by atoms with E-state index < -0.39 is 28.6 Å². The van der Waals surface area contributed by atoms with E-state index in [1.165, 1.54) is 0 Å².